The second kappa shape index (κ2) is 18.1. The van der Waals surface area contributed by atoms with E-state index in [4.69, 9.17) is 4.99 Å². The van der Waals surface area contributed by atoms with Gasteiger partial charge < -0.3 is 5.32 Å². The van der Waals surface area contributed by atoms with Crippen LogP contribution in [0.25, 0.3) is 0 Å². The van der Waals surface area contributed by atoms with Gasteiger partial charge in [0.15, 0.2) is 0 Å². The molecule has 0 aliphatic carbocycles. The molecular weight excluding hydrogens is 567 g/mol. The second-order valence-electron chi connectivity index (χ2n) is 13.9. The number of nitrogens with one attached hydrogen (secondary N) is 1. The van der Waals surface area contributed by atoms with Crippen LogP contribution in [-0.2, 0) is 14.1 Å². The summed E-state index contributed by atoms with van der Waals surface area (Å²) in [6, 6.07) is 17.3. The first-order valence-electron chi connectivity index (χ1n) is 16.7. The number of nitrogens with zero attached hydrogens (tertiary/aromatic N) is 5. The van der Waals surface area contributed by atoms with Crippen molar-refractivity contribution in [1.29, 1.82) is 0 Å². The van der Waals surface area contributed by atoms with Gasteiger partial charge in [-0.05, 0) is 65.0 Å². The molecule has 2 aromatic heterocycles. The number of rotatable bonds is 9. The Hall–Kier alpha value is -3.14. The molecule has 0 fully saturated rings. The lowest BCUT2D eigenvalue weighted by Gasteiger charge is -2.23. The summed E-state index contributed by atoms with van der Waals surface area (Å²) >= 11 is -0.139. The summed E-state index contributed by atoms with van der Waals surface area (Å²) < 4.78 is 3.64. The van der Waals surface area contributed by atoms with Gasteiger partial charge in [0.1, 0.15) is 5.69 Å². The van der Waals surface area contributed by atoms with Crippen molar-refractivity contribution < 1.29 is 0 Å². The smallest absolute Gasteiger partial charge is 0.251 e. The fourth-order valence-electron chi connectivity index (χ4n) is 4.97. The third-order valence-corrected chi connectivity index (χ3v) is 7.31. The van der Waals surface area contributed by atoms with E-state index in [2.05, 4.69) is 138 Å². The molecule has 45 heavy (non-hydrogen) atoms. The molecule has 2 heterocycles. The second-order valence-corrected chi connectivity index (χ2v) is 17.4. The highest BCUT2D eigenvalue weighted by Crippen LogP contribution is 2.35. The van der Waals surface area contributed by atoms with Gasteiger partial charge in [-0.25, -0.2) is 0 Å². The molecule has 4 rings (SSSR count). The van der Waals surface area contributed by atoms with Crippen LogP contribution in [0.2, 0.25) is 17.4 Å². The van der Waals surface area contributed by atoms with Gasteiger partial charge in [-0.1, -0.05) is 91.8 Å². The molecule has 0 amide bonds. The Bertz CT molecular complexity index is 1420. The van der Waals surface area contributed by atoms with Gasteiger partial charge in [-0.2, -0.15) is 10.2 Å². The van der Waals surface area contributed by atoms with Crippen molar-refractivity contribution in [2.75, 3.05) is 5.32 Å². The molecule has 7 heteroatoms. The number of aromatic nitrogens is 4. The van der Waals surface area contributed by atoms with Crippen molar-refractivity contribution in [2.24, 2.45) is 19.1 Å². The van der Waals surface area contributed by atoms with E-state index in [0.29, 0.717) is 23.7 Å². The zero-order valence-electron chi connectivity index (χ0n) is 30.6. The molecule has 6 nitrogen and oxygen atoms in total. The van der Waals surface area contributed by atoms with Crippen LogP contribution in [0, 0.1) is 0 Å². The predicted octanol–water partition coefficient (Wildman–Crippen LogP) is 10.6. The van der Waals surface area contributed by atoms with Crippen LogP contribution in [0.5, 0.6) is 0 Å². The zero-order valence-corrected chi connectivity index (χ0v) is 31.7. The lowest BCUT2D eigenvalue weighted by atomic mass is 9.92. The van der Waals surface area contributed by atoms with Gasteiger partial charge in [-0.15, -0.1) is 17.4 Å². The minimum Gasteiger partial charge on any atom is -0.376 e. The molecule has 0 aliphatic rings. The number of aliphatic imine (C=N–C) groups is 1. The summed E-state index contributed by atoms with van der Waals surface area (Å²) in [4.78, 5) is 4.73. The lowest BCUT2D eigenvalue weighted by Crippen LogP contribution is -2.12. The topological polar surface area (TPSA) is 60.0 Å². The third-order valence-electron chi connectivity index (χ3n) is 7.31. The number of para-hydroxylation sites is 2. The number of hydrogen-bond donors (Lipinski definition) is 1. The summed E-state index contributed by atoms with van der Waals surface area (Å²) in [5, 5.41) is 12.5. The molecule has 1 unspecified atom stereocenters. The first-order valence-corrected chi connectivity index (χ1v) is 20.1. The highest BCUT2D eigenvalue weighted by Gasteiger charge is 2.17. The van der Waals surface area contributed by atoms with E-state index in [1.165, 1.54) is 27.9 Å². The van der Waals surface area contributed by atoms with Crippen molar-refractivity contribution in [3.05, 3.63) is 94.6 Å². The highest BCUT2D eigenvalue weighted by atomic mass is 27.2. The molecule has 0 saturated heterocycles. The van der Waals surface area contributed by atoms with Crippen LogP contribution in [0.15, 0.2) is 65.9 Å². The summed E-state index contributed by atoms with van der Waals surface area (Å²) in [5.74, 6) is 8.85. The standard InChI is InChI=1S/C18H27N3.C17H23N3.3CH3.Al/c1-12(2)15-8-7-9-16(13(3)4)18(15)19-14(5)17-10-11-21(6)20-17;1-12(2)15-7-6-8-16(13(3)4)17(15)18-11-14-9-10-20(5)19-14;;;;/h7-14,19H,1-6H3;6-13H,1-5H3;3*1H3;. The van der Waals surface area contributed by atoms with Crippen LogP contribution in [-0.4, -0.2) is 39.9 Å². The average Bonchev–Trinajstić information content (AvgIpc) is 3.59. The first kappa shape index (κ1) is 38.0. The van der Waals surface area contributed by atoms with E-state index in [1.54, 1.807) is 4.68 Å². The zero-order chi connectivity index (χ0) is 33.8. The fraction of sp³-hybridized carbons (Fsp3) is 0.500. The van der Waals surface area contributed by atoms with Crippen molar-refractivity contribution in [1.82, 2.24) is 19.6 Å². The predicted molar refractivity (Wildman–Crippen MR) is 198 cm³/mol. The minimum atomic E-state index is -0.139. The maximum Gasteiger partial charge on any atom is 0.251 e. The Morgan fingerprint density at radius 2 is 1.07 bits per heavy atom. The number of hydrogen-bond acceptors (Lipinski definition) is 4. The van der Waals surface area contributed by atoms with E-state index in [1.807, 2.05) is 43.5 Å². The normalized spacial score (nSPS) is 12.0. The Labute approximate surface area is 278 Å². The molecule has 244 valence electrons. The Morgan fingerprint density at radius 1 is 0.644 bits per heavy atom. The lowest BCUT2D eigenvalue weighted by molar-refractivity contribution is 0.714. The van der Waals surface area contributed by atoms with Gasteiger partial charge in [0.25, 0.3) is 14.1 Å². The van der Waals surface area contributed by atoms with E-state index in [-0.39, 0.29) is 20.2 Å². The summed E-state index contributed by atoms with van der Waals surface area (Å²) in [7, 11) is 3.87. The largest absolute Gasteiger partial charge is 0.376 e. The van der Waals surface area contributed by atoms with E-state index in [9.17, 15) is 0 Å². The number of anilines is 1. The van der Waals surface area contributed by atoms with Gasteiger partial charge in [0.05, 0.1) is 23.6 Å². The molecular formula is C38H59AlN6. The van der Waals surface area contributed by atoms with E-state index < -0.39 is 0 Å². The van der Waals surface area contributed by atoms with E-state index in [0.717, 1.165) is 17.1 Å². The SMILES string of the molecule is CC(C)c1cccc(C(C)C)c1N=Cc1ccn(C)n1.CC(C)c1cccc(C(C)C)c1NC(C)c1ccn(C)n1.[CH3][Al]([CH3])[CH3]. The van der Waals surface area contributed by atoms with Gasteiger partial charge >= 0.3 is 0 Å². The van der Waals surface area contributed by atoms with Crippen LogP contribution in [0.4, 0.5) is 11.4 Å². The van der Waals surface area contributed by atoms with Gasteiger partial charge in [0.2, 0.25) is 0 Å². The average molecular weight is 627 g/mol. The third kappa shape index (κ3) is 12.0. The van der Waals surface area contributed by atoms with Crippen LogP contribution < -0.4 is 5.32 Å². The Morgan fingerprint density at radius 3 is 1.44 bits per heavy atom. The van der Waals surface area contributed by atoms with Crippen LogP contribution in [0.3, 0.4) is 0 Å². The number of benzene rings is 2. The summed E-state index contributed by atoms with van der Waals surface area (Å²) in [6.45, 7) is 20.0. The summed E-state index contributed by atoms with van der Waals surface area (Å²) in [5.41, 5.74) is 9.69. The molecule has 0 aliphatic heterocycles. The quantitative estimate of drug-likeness (QED) is 0.149. The van der Waals surface area contributed by atoms with Gasteiger partial charge in [-0.3, -0.25) is 14.4 Å². The van der Waals surface area contributed by atoms with Crippen molar-refractivity contribution in [3.8, 4) is 0 Å². The fourth-order valence-corrected chi connectivity index (χ4v) is 4.97. The molecule has 1 N–H and O–H groups in total. The van der Waals surface area contributed by atoms with Crippen LogP contribution >= 0.6 is 0 Å². The Balaban J connectivity index is 0.000000281. The van der Waals surface area contributed by atoms with E-state index >= 15 is 0 Å². The molecule has 2 aromatic carbocycles. The molecule has 0 spiro atoms. The van der Waals surface area contributed by atoms with Crippen molar-refractivity contribution >= 4 is 31.7 Å². The highest BCUT2D eigenvalue weighted by molar-refractivity contribution is 6.54. The maximum absolute atomic E-state index is 4.73. The molecule has 0 bridgehead atoms. The van der Waals surface area contributed by atoms with Crippen molar-refractivity contribution in [3.63, 3.8) is 0 Å². The first-order chi connectivity index (χ1) is 21.1. The van der Waals surface area contributed by atoms with Gasteiger partial charge in [0, 0.05) is 32.2 Å². The molecule has 1 atom stereocenters. The maximum atomic E-state index is 4.73. The molecule has 0 radical (unpaired) electrons. The van der Waals surface area contributed by atoms with Crippen molar-refractivity contribution in [2.45, 2.75) is 109 Å². The summed E-state index contributed by atoms with van der Waals surface area (Å²) in [6.07, 6.45) is 5.78. The number of aryl methyl sites for hydroxylation is 2. The molecule has 0 saturated carbocycles. The Kier molecular flexibility index (Phi) is 15.3. The minimum absolute atomic E-state index is 0.139. The molecule has 4 aromatic rings. The monoisotopic (exact) mass is 626 g/mol. The van der Waals surface area contributed by atoms with Crippen LogP contribution in [0.1, 0.15) is 126 Å².